The number of aliphatic hydroxyl groups is 1. The Hall–Kier alpha value is -1.25. The van der Waals surface area contributed by atoms with Crippen LogP contribution in [0.1, 0.15) is 168 Å². The lowest BCUT2D eigenvalue weighted by molar-refractivity contribution is -0.147. The second-order valence-electron chi connectivity index (χ2n) is 12.2. The van der Waals surface area contributed by atoms with Gasteiger partial charge in [0.05, 0.1) is 13.2 Å². The highest BCUT2D eigenvalue weighted by molar-refractivity contribution is 7.47. The molecule has 0 spiro atoms. The van der Waals surface area contributed by atoms with Crippen molar-refractivity contribution in [2.24, 2.45) is 0 Å². The Morgan fingerprint density at radius 3 is 1.67 bits per heavy atom. The van der Waals surface area contributed by atoms with E-state index in [-0.39, 0.29) is 32.1 Å². The summed E-state index contributed by atoms with van der Waals surface area (Å²) in [6.45, 7) is 3.51. The Bertz CT molecular complexity index is 764. The Balaban J connectivity index is 3.63. The lowest BCUT2D eigenvalue weighted by Crippen LogP contribution is -2.27. The number of carbonyl (C=O) groups excluding carboxylic acids is 2. The van der Waals surface area contributed by atoms with E-state index in [2.05, 4.69) is 31.3 Å². The summed E-state index contributed by atoms with van der Waals surface area (Å²) in [5.74, 6) is -0.525. The minimum Gasteiger partial charge on any atom is -0.463 e. The Labute approximate surface area is 275 Å². The van der Waals surface area contributed by atoms with Gasteiger partial charge in [-0.05, 0) is 38.5 Å². The van der Waals surface area contributed by atoms with Gasteiger partial charge in [0.2, 0.25) is 5.91 Å². The molecule has 0 aromatic rings. The van der Waals surface area contributed by atoms with Gasteiger partial charge in [-0.2, -0.15) is 0 Å². The number of esters is 1. The smallest absolute Gasteiger partial charge is 0.463 e. The van der Waals surface area contributed by atoms with Crippen LogP contribution in [0.2, 0.25) is 0 Å². The molecule has 0 aromatic heterocycles. The van der Waals surface area contributed by atoms with Gasteiger partial charge in [0.15, 0.2) is 0 Å². The van der Waals surface area contributed by atoms with Crippen molar-refractivity contribution in [3.63, 3.8) is 0 Å². The molecule has 1 amide bonds. The number of hydrogen-bond acceptors (Lipinski definition) is 7. The van der Waals surface area contributed by atoms with Gasteiger partial charge in [0.25, 0.3) is 0 Å². The van der Waals surface area contributed by atoms with Crippen molar-refractivity contribution >= 4 is 19.7 Å². The Morgan fingerprint density at radius 2 is 1.13 bits per heavy atom. The zero-order valence-electron chi connectivity index (χ0n) is 28.8. The van der Waals surface area contributed by atoms with Crippen molar-refractivity contribution in [1.82, 2.24) is 5.32 Å². The van der Waals surface area contributed by atoms with Gasteiger partial charge in [0.1, 0.15) is 12.7 Å². The number of nitrogens with one attached hydrogen (secondary N) is 1. The molecule has 0 rings (SSSR count). The first-order valence-corrected chi connectivity index (χ1v) is 19.7. The molecule has 3 N–H and O–H groups in total. The highest BCUT2D eigenvalue weighted by Gasteiger charge is 2.23. The summed E-state index contributed by atoms with van der Waals surface area (Å²) in [6, 6.07) is 0. The largest absolute Gasteiger partial charge is 0.472 e. The molecule has 0 radical (unpaired) electrons. The number of aliphatic hydroxyl groups excluding tert-OH is 1. The summed E-state index contributed by atoms with van der Waals surface area (Å²) in [5, 5.41) is 12.6. The molecule has 2 unspecified atom stereocenters. The van der Waals surface area contributed by atoms with Gasteiger partial charge in [0, 0.05) is 19.4 Å². The lowest BCUT2D eigenvalue weighted by atomic mass is 10.1. The molecule has 0 aliphatic rings. The van der Waals surface area contributed by atoms with Gasteiger partial charge >= 0.3 is 13.8 Å². The third-order valence-corrected chi connectivity index (χ3v) is 8.68. The zero-order valence-corrected chi connectivity index (χ0v) is 29.7. The number of ether oxygens (including phenoxy) is 1. The third kappa shape index (κ3) is 33.9. The molecular weight excluding hydrogens is 593 g/mol. The predicted octanol–water partition coefficient (Wildman–Crippen LogP) is 9.10. The monoisotopic (exact) mass is 661 g/mol. The van der Waals surface area contributed by atoms with E-state index in [9.17, 15) is 24.2 Å². The van der Waals surface area contributed by atoms with Crippen LogP contribution in [-0.2, 0) is 27.9 Å². The van der Waals surface area contributed by atoms with Crippen LogP contribution in [0.15, 0.2) is 12.2 Å². The summed E-state index contributed by atoms with van der Waals surface area (Å²) < 4.78 is 26.7. The number of hydrogen-bond donors (Lipinski definition) is 3. The number of amides is 1. The first-order chi connectivity index (χ1) is 21.8. The van der Waals surface area contributed by atoms with Crippen molar-refractivity contribution in [2.75, 3.05) is 26.4 Å². The topological polar surface area (TPSA) is 131 Å². The van der Waals surface area contributed by atoms with E-state index in [1.54, 1.807) is 0 Å². The summed E-state index contributed by atoms with van der Waals surface area (Å²) in [7, 11) is -4.40. The average Bonchev–Trinajstić information content (AvgIpc) is 3.02. The number of phosphoric ester groups is 1. The van der Waals surface area contributed by atoms with E-state index in [1.807, 2.05) is 0 Å². The van der Waals surface area contributed by atoms with Crippen LogP contribution in [0.5, 0.6) is 0 Å². The maximum Gasteiger partial charge on any atom is 0.472 e. The molecule has 0 aliphatic heterocycles. The molecule has 0 saturated carbocycles. The van der Waals surface area contributed by atoms with Gasteiger partial charge in [-0.1, -0.05) is 129 Å². The molecule has 9 nitrogen and oxygen atoms in total. The molecule has 2 atom stereocenters. The standard InChI is InChI=1S/C35H68NO8P/c1-3-5-7-9-11-13-15-16-17-18-19-21-23-25-27-34(38)36-29-30-43-45(40,41)44-32-33(37)31-42-35(39)28-26-24-22-20-14-12-10-8-6-4-2/h15-16,33,37H,3-14,17-32H2,1-2H3,(H,36,38)(H,40,41)/b16-15-. The molecule has 266 valence electrons. The third-order valence-electron chi connectivity index (χ3n) is 7.70. The highest BCUT2D eigenvalue weighted by atomic mass is 31.2. The fourth-order valence-corrected chi connectivity index (χ4v) is 5.66. The SMILES string of the molecule is CCCCCCC/C=C\CCCCCCCC(=O)NCCOP(=O)(O)OCC(O)COC(=O)CCCCCCCCCCCC. The van der Waals surface area contributed by atoms with Crippen LogP contribution in [0, 0.1) is 0 Å². The van der Waals surface area contributed by atoms with Crippen LogP contribution >= 0.6 is 7.82 Å². The first kappa shape index (κ1) is 43.8. The Kier molecular flexibility index (Phi) is 31.8. The normalized spacial score (nSPS) is 13.6. The van der Waals surface area contributed by atoms with E-state index in [1.165, 1.54) is 96.3 Å². The van der Waals surface area contributed by atoms with Crippen molar-refractivity contribution in [3.8, 4) is 0 Å². The maximum atomic E-state index is 12.0. The molecule has 0 bridgehead atoms. The average molecular weight is 662 g/mol. The number of allylic oxidation sites excluding steroid dienone is 2. The predicted molar refractivity (Wildman–Crippen MR) is 183 cm³/mol. The summed E-state index contributed by atoms with van der Waals surface area (Å²) >= 11 is 0. The van der Waals surface area contributed by atoms with Crippen LogP contribution in [0.4, 0.5) is 0 Å². The summed E-state index contributed by atoms with van der Waals surface area (Å²) in [4.78, 5) is 33.6. The molecule has 0 saturated heterocycles. The summed E-state index contributed by atoms with van der Waals surface area (Å²) in [5.41, 5.74) is 0. The lowest BCUT2D eigenvalue weighted by Gasteiger charge is -2.15. The van der Waals surface area contributed by atoms with E-state index in [4.69, 9.17) is 13.8 Å². The van der Waals surface area contributed by atoms with E-state index >= 15 is 0 Å². The maximum absolute atomic E-state index is 12.0. The fraction of sp³-hybridized carbons (Fsp3) is 0.886. The Morgan fingerprint density at radius 1 is 0.667 bits per heavy atom. The number of carbonyl (C=O) groups is 2. The van der Waals surface area contributed by atoms with Crippen molar-refractivity contribution in [3.05, 3.63) is 12.2 Å². The van der Waals surface area contributed by atoms with Gasteiger partial charge in [-0.25, -0.2) is 4.57 Å². The summed E-state index contributed by atoms with van der Waals surface area (Å²) in [6.07, 6.45) is 30.0. The van der Waals surface area contributed by atoms with Crippen LogP contribution in [0.3, 0.4) is 0 Å². The van der Waals surface area contributed by atoms with Crippen LogP contribution in [-0.4, -0.2) is 54.3 Å². The molecule has 0 aromatic carbocycles. The van der Waals surface area contributed by atoms with Crippen LogP contribution < -0.4 is 5.32 Å². The molecular formula is C35H68NO8P. The second kappa shape index (κ2) is 32.7. The van der Waals surface area contributed by atoms with Crippen molar-refractivity contribution in [2.45, 2.75) is 174 Å². The number of phosphoric acid groups is 1. The van der Waals surface area contributed by atoms with Gasteiger partial charge < -0.3 is 20.1 Å². The minimum atomic E-state index is -4.40. The number of rotatable bonds is 34. The van der Waals surface area contributed by atoms with E-state index < -0.39 is 26.5 Å². The van der Waals surface area contributed by atoms with E-state index in [0.29, 0.717) is 6.42 Å². The molecule has 45 heavy (non-hydrogen) atoms. The second-order valence-corrected chi connectivity index (χ2v) is 13.7. The fourth-order valence-electron chi connectivity index (χ4n) is 4.90. The van der Waals surface area contributed by atoms with Gasteiger partial charge in [-0.15, -0.1) is 0 Å². The van der Waals surface area contributed by atoms with Gasteiger partial charge in [-0.3, -0.25) is 18.6 Å². The molecule has 10 heteroatoms. The molecule has 0 fully saturated rings. The van der Waals surface area contributed by atoms with Crippen molar-refractivity contribution in [1.29, 1.82) is 0 Å². The first-order valence-electron chi connectivity index (χ1n) is 18.2. The quantitative estimate of drug-likeness (QED) is 0.0269. The number of unbranched alkanes of at least 4 members (excludes halogenated alkanes) is 19. The van der Waals surface area contributed by atoms with E-state index in [0.717, 1.165) is 44.9 Å². The minimum absolute atomic E-state index is 0.0802. The molecule has 0 aliphatic carbocycles. The molecule has 0 heterocycles. The zero-order chi connectivity index (χ0) is 33.3. The van der Waals surface area contributed by atoms with Crippen LogP contribution in [0.25, 0.3) is 0 Å². The highest BCUT2D eigenvalue weighted by Crippen LogP contribution is 2.42. The van der Waals surface area contributed by atoms with Crippen molar-refractivity contribution < 1.29 is 37.9 Å².